The topological polar surface area (TPSA) is 64.8 Å². The number of ether oxygens (including phenoxy) is 2. The van der Waals surface area contributed by atoms with Crippen molar-refractivity contribution in [3.63, 3.8) is 0 Å². The predicted molar refractivity (Wildman–Crippen MR) is 77.3 cm³/mol. The molecule has 2 N–H and O–H groups in total. The lowest BCUT2D eigenvalue weighted by atomic mass is 9.86. The molecule has 0 aromatic heterocycles. The van der Waals surface area contributed by atoms with Gasteiger partial charge in [-0.05, 0) is 38.5 Å². The summed E-state index contributed by atoms with van der Waals surface area (Å²) in [6, 6.07) is 7.57. The van der Waals surface area contributed by atoms with Gasteiger partial charge in [-0.15, -0.1) is 0 Å². The van der Waals surface area contributed by atoms with Crippen molar-refractivity contribution >= 4 is 11.8 Å². The molecule has 1 aliphatic heterocycles. The first-order valence-corrected chi connectivity index (χ1v) is 6.65. The number of carbonyl (C=O) groups is 1. The Kier molecular flexibility index (Phi) is 3.65. The minimum atomic E-state index is -0.487. The molecule has 1 amide bonds. The molecular formula is C15H22N2O3. The Morgan fingerprint density at radius 3 is 2.50 bits per heavy atom. The van der Waals surface area contributed by atoms with Crippen LogP contribution in [0.15, 0.2) is 24.3 Å². The molecule has 1 aliphatic rings. The van der Waals surface area contributed by atoms with Crippen molar-refractivity contribution in [1.29, 1.82) is 0 Å². The van der Waals surface area contributed by atoms with E-state index >= 15 is 0 Å². The summed E-state index contributed by atoms with van der Waals surface area (Å²) in [5.74, 6) is 0. The van der Waals surface area contributed by atoms with Crippen LogP contribution in [0.4, 0.5) is 10.5 Å². The summed E-state index contributed by atoms with van der Waals surface area (Å²) < 4.78 is 11.0. The van der Waals surface area contributed by atoms with E-state index in [0.717, 1.165) is 5.56 Å². The largest absolute Gasteiger partial charge is 0.444 e. The molecule has 0 bridgehead atoms. The number of hydrogen-bond acceptors (Lipinski definition) is 4. The third kappa shape index (κ3) is 2.88. The van der Waals surface area contributed by atoms with E-state index in [0.29, 0.717) is 18.8 Å². The maximum Gasteiger partial charge on any atom is 0.410 e. The molecule has 5 nitrogen and oxygen atoms in total. The Balaban J connectivity index is 2.07. The molecule has 1 saturated heterocycles. The highest BCUT2D eigenvalue weighted by Gasteiger charge is 2.48. The van der Waals surface area contributed by atoms with Crippen molar-refractivity contribution in [3.8, 4) is 0 Å². The van der Waals surface area contributed by atoms with Crippen molar-refractivity contribution in [2.45, 2.75) is 32.0 Å². The zero-order valence-corrected chi connectivity index (χ0v) is 12.5. The van der Waals surface area contributed by atoms with Gasteiger partial charge in [-0.1, -0.05) is 12.1 Å². The molecule has 0 aliphatic carbocycles. The lowest BCUT2D eigenvalue weighted by Gasteiger charge is -2.49. The lowest BCUT2D eigenvalue weighted by Crippen LogP contribution is -2.62. The monoisotopic (exact) mass is 278 g/mol. The van der Waals surface area contributed by atoms with Crippen LogP contribution in [-0.4, -0.2) is 36.8 Å². The zero-order chi connectivity index (χ0) is 15.0. The Bertz CT molecular complexity index is 502. The fourth-order valence-electron chi connectivity index (χ4n) is 2.28. The Morgan fingerprint density at radius 2 is 2.00 bits per heavy atom. The van der Waals surface area contributed by atoms with Gasteiger partial charge in [0.25, 0.3) is 0 Å². The SMILES string of the molecule is COC1(c2cccc(N)c2)CN(C(=O)OC(C)(C)C)C1. The first kappa shape index (κ1) is 14.7. The van der Waals surface area contributed by atoms with Gasteiger partial charge in [0.15, 0.2) is 0 Å². The van der Waals surface area contributed by atoms with E-state index in [1.807, 2.05) is 45.0 Å². The summed E-state index contributed by atoms with van der Waals surface area (Å²) in [5.41, 5.74) is 6.51. The van der Waals surface area contributed by atoms with Crippen LogP contribution in [-0.2, 0) is 15.1 Å². The minimum Gasteiger partial charge on any atom is -0.444 e. The number of nitrogens with two attached hydrogens (primary N) is 1. The van der Waals surface area contributed by atoms with E-state index in [2.05, 4.69) is 0 Å². The summed E-state index contributed by atoms with van der Waals surface area (Å²) >= 11 is 0. The molecule has 0 saturated carbocycles. The van der Waals surface area contributed by atoms with Gasteiger partial charge in [0.1, 0.15) is 11.2 Å². The maximum absolute atomic E-state index is 12.0. The molecule has 1 heterocycles. The second-order valence-corrected chi connectivity index (χ2v) is 6.16. The summed E-state index contributed by atoms with van der Waals surface area (Å²) in [5, 5.41) is 0. The minimum absolute atomic E-state index is 0.311. The van der Waals surface area contributed by atoms with Gasteiger partial charge in [0.2, 0.25) is 0 Å². The number of benzene rings is 1. The predicted octanol–water partition coefficient (Wildman–Crippen LogP) is 2.36. The fourth-order valence-corrected chi connectivity index (χ4v) is 2.28. The van der Waals surface area contributed by atoms with Crippen LogP contribution in [0.1, 0.15) is 26.3 Å². The van der Waals surface area contributed by atoms with Crippen LogP contribution in [0.5, 0.6) is 0 Å². The van der Waals surface area contributed by atoms with Crippen LogP contribution in [0.2, 0.25) is 0 Å². The van der Waals surface area contributed by atoms with E-state index in [1.54, 1.807) is 12.0 Å². The fraction of sp³-hybridized carbons (Fsp3) is 0.533. The van der Waals surface area contributed by atoms with Crippen molar-refractivity contribution in [1.82, 2.24) is 4.90 Å². The van der Waals surface area contributed by atoms with Gasteiger partial charge in [0, 0.05) is 12.8 Å². The third-order valence-electron chi connectivity index (χ3n) is 3.35. The van der Waals surface area contributed by atoms with Crippen LogP contribution < -0.4 is 5.73 Å². The zero-order valence-electron chi connectivity index (χ0n) is 12.5. The van der Waals surface area contributed by atoms with Gasteiger partial charge in [-0.25, -0.2) is 4.79 Å². The van der Waals surface area contributed by atoms with Gasteiger partial charge in [0.05, 0.1) is 13.1 Å². The summed E-state index contributed by atoms with van der Waals surface area (Å²) in [7, 11) is 1.65. The number of anilines is 1. The molecule has 5 heteroatoms. The Labute approximate surface area is 119 Å². The Hall–Kier alpha value is -1.75. The van der Waals surface area contributed by atoms with Crippen molar-refractivity contribution in [3.05, 3.63) is 29.8 Å². The first-order chi connectivity index (χ1) is 9.26. The molecule has 0 atom stereocenters. The van der Waals surface area contributed by atoms with Crippen LogP contribution in [0.3, 0.4) is 0 Å². The number of amides is 1. The summed E-state index contributed by atoms with van der Waals surface area (Å²) in [6.07, 6.45) is -0.311. The smallest absolute Gasteiger partial charge is 0.410 e. The van der Waals surface area contributed by atoms with Gasteiger partial charge >= 0.3 is 6.09 Å². The van der Waals surface area contributed by atoms with E-state index in [-0.39, 0.29) is 6.09 Å². The lowest BCUT2D eigenvalue weighted by molar-refractivity contribution is -0.127. The number of likely N-dealkylation sites (tertiary alicyclic amines) is 1. The standard InChI is InChI=1S/C15H22N2O3/c1-14(2,3)20-13(18)17-9-15(10-17,19-4)11-6-5-7-12(16)8-11/h5-8H,9-10,16H2,1-4H3. The highest BCUT2D eigenvalue weighted by atomic mass is 16.6. The second-order valence-electron chi connectivity index (χ2n) is 6.16. The van der Waals surface area contributed by atoms with Gasteiger partial charge in [-0.2, -0.15) is 0 Å². The molecule has 1 aromatic rings. The van der Waals surface area contributed by atoms with Gasteiger partial charge < -0.3 is 20.1 Å². The van der Waals surface area contributed by atoms with Crippen molar-refractivity contribution < 1.29 is 14.3 Å². The second kappa shape index (κ2) is 4.98. The van der Waals surface area contributed by atoms with Crippen LogP contribution >= 0.6 is 0 Å². The normalized spacial score (nSPS) is 17.5. The maximum atomic E-state index is 12.0. The van der Waals surface area contributed by atoms with Crippen molar-refractivity contribution in [2.24, 2.45) is 0 Å². The highest BCUT2D eigenvalue weighted by molar-refractivity contribution is 5.70. The molecule has 2 rings (SSSR count). The average Bonchev–Trinajstić information content (AvgIpc) is 2.26. The number of hydrogen-bond donors (Lipinski definition) is 1. The van der Waals surface area contributed by atoms with Crippen LogP contribution in [0, 0.1) is 0 Å². The molecule has 20 heavy (non-hydrogen) atoms. The van der Waals surface area contributed by atoms with E-state index in [9.17, 15) is 4.79 Å². The number of methoxy groups -OCH3 is 1. The number of nitrogen functional groups attached to an aromatic ring is 1. The molecule has 0 spiro atoms. The number of carbonyl (C=O) groups excluding carboxylic acids is 1. The van der Waals surface area contributed by atoms with E-state index < -0.39 is 11.2 Å². The van der Waals surface area contributed by atoms with Crippen molar-refractivity contribution in [2.75, 3.05) is 25.9 Å². The first-order valence-electron chi connectivity index (χ1n) is 6.65. The molecule has 110 valence electrons. The summed E-state index contributed by atoms with van der Waals surface area (Å²) in [4.78, 5) is 13.6. The van der Waals surface area contributed by atoms with Crippen LogP contribution in [0.25, 0.3) is 0 Å². The quantitative estimate of drug-likeness (QED) is 0.843. The highest BCUT2D eigenvalue weighted by Crippen LogP contribution is 2.36. The number of nitrogens with zero attached hydrogens (tertiary/aromatic N) is 1. The molecule has 0 radical (unpaired) electrons. The molecule has 0 unspecified atom stereocenters. The Morgan fingerprint density at radius 1 is 1.35 bits per heavy atom. The molecule has 1 aromatic carbocycles. The third-order valence-corrected chi connectivity index (χ3v) is 3.35. The van der Waals surface area contributed by atoms with E-state index in [1.165, 1.54) is 0 Å². The van der Waals surface area contributed by atoms with E-state index in [4.69, 9.17) is 15.2 Å². The molecular weight excluding hydrogens is 256 g/mol. The number of rotatable bonds is 2. The molecule has 1 fully saturated rings. The summed E-state index contributed by atoms with van der Waals surface area (Å²) in [6.45, 7) is 6.51. The van der Waals surface area contributed by atoms with Gasteiger partial charge in [-0.3, -0.25) is 0 Å². The average molecular weight is 278 g/mol.